The van der Waals surface area contributed by atoms with Gasteiger partial charge in [0.25, 0.3) is 0 Å². The first-order valence-electron chi connectivity index (χ1n) is 6.16. The van der Waals surface area contributed by atoms with E-state index in [0.29, 0.717) is 0 Å². The molecule has 6 heteroatoms. The maximum Gasteiger partial charge on any atom is 0.417 e. The van der Waals surface area contributed by atoms with Crippen LogP contribution >= 0.6 is 0 Å². The molecule has 0 heterocycles. The van der Waals surface area contributed by atoms with Gasteiger partial charge in [-0.3, -0.25) is 0 Å². The Labute approximate surface area is 123 Å². The molecule has 0 aromatic heterocycles. The van der Waals surface area contributed by atoms with Gasteiger partial charge >= 0.3 is 12.1 Å². The smallest absolute Gasteiger partial charge is 0.417 e. The van der Waals surface area contributed by atoms with Crippen LogP contribution in [0.1, 0.15) is 11.1 Å². The minimum atomic E-state index is -4.61. The zero-order valence-corrected chi connectivity index (χ0v) is 11.1. The van der Waals surface area contributed by atoms with Crippen LogP contribution in [0.15, 0.2) is 48.5 Å². The summed E-state index contributed by atoms with van der Waals surface area (Å²) in [4.78, 5) is 10.6. The summed E-state index contributed by atoms with van der Waals surface area (Å²) in [6, 6.07) is 8.00. The van der Waals surface area contributed by atoms with Crippen molar-refractivity contribution in [1.29, 1.82) is 0 Å². The van der Waals surface area contributed by atoms with Crippen LogP contribution in [0.5, 0.6) is 0 Å². The molecule has 0 atom stereocenters. The number of rotatable bonds is 3. The molecule has 0 amide bonds. The van der Waals surface area contributed by atoms with Crippen LogP contribution < -0.4 is 0 Å². The van der Waals surface area contributed by atoms with Gasteiger partial charge in [0.05, 0.1) is 5.56 Å². The summed E-state index contributed by atoms with van der Waals surface area (Å²) in [5.74, 6) is -1.85. The summed E-state index contributed by atoms with van der Waals surface area (Å²) in [5.41, 5.74) is -0.859. The van der Waals surface area contributed by atoms with E-state index >= 15 is 0 Å². The topological polar surface area (TPSA) is 37.3 Å². The molecule has 2 aromatic rings. The predicted molar refractivity (Wildman–Crippen MR) is 73.5 cm³/mol. The molecule has 0 bridgehead atoms. The highest BCUT2D eigenvalue weighted by molar-refractivity contribution is 5.88. The van der Waals surface area contributed by atoms with Crippen LogP contribution in [-0.2, 0) is 11.0 Å². The molecule has 0 aliphatic heterocycles. The summed E-state index contributed by atoms with van der Waals surface area (Å²) in [7, 11) is 0. The zero-order chi connectivity index (χ0) is 16.3. The quantitative estimate of drug-likeness (QED) is 0.664. The van der Waals surface area contributed by atoms with Crippen molar-refractivity contribution < 1.29 is 27.5 Å². The number of aliphatic carboxylic acids is 1. The standard InChI is InChI=1S/C16H10F4O2/c17-12-7-4-11(5-8-12)15-10(6-9-14(21)22)2-1-3-13(15)16(18,19)20/h1-9H,(H,21,22). The Morgan fingerprint density at radius 3 is 2.23 bits per heavy atom. The summed E-state index contributed by atoms with van der Waals surface area (Å²) in [6.45, 7) is 0. The Morgan fingerprint density at radius 2 is 1.68 bits per heavy atom. The zero-order valence-electron chi connectivity index (χ0n) is 11.1. The van der Waals surface area contributed by atoms with Crippen LogP contribution in [-0.4, -0.2) is 11.1 Å². The van der Waals surface area contributed by atoms with Gasteiger partial charge in [-0.1, -0.05) is 24.3 Å². The molecule has 0 fully saturated rings. The fourth-order valence-electron chi connectivity index (χ4n) is 2.05. The summed E-state index contributed by atoms with van der Waals surface area (Å²) in [5, 5.41) is 8.64. The van der Waals surface area contributed by atoms with E-state index in [4.69, 9.17) is 5.11 Å². The number of carboxylic acid groups (broad SMARTS) is 1. The molecule has 0 radical (unpaired) electrons. The van der Waals surface area contributed by atoms with Crippen molar-refractivity contribution in [2.75, 3.05) is 0 Å². The van der Waals surface area contributed by atoms with Gasteiger partial charge in [0.2, 0.25) is 0 Å². The van der Waals surface area contributed by atoms with Crippen molar-refractivity contribution in [3.8, 4) is 11.1 Å². The third-order valence-corrected chi connectivity index (χ3v) is 2.94. The Hall–Kier alpha value is -2.63. The van der Waals surface area contributed by atoms with Crippen LogP contribution in [0.25, 0.3) is 17.2 Å². The number of hydrogen-bond acceptors (Lipinski definition) is 1. The van der Waals surface area contributed by atoms with Crippen molar-refractivity contribution in [1.82, 2.24) is 0 Å². The second-order valence-electron chi connectivity index (χ2n) is 4.45. The molecule has 0 aliphatic carbocycles. The third kappa shape index (κ3) is 3.52. The van der Waals surface area contributed by atoms with Crippen LogP contribution in [0.4, 0.5) is 17.6 Å². The number of alkyl halides is 3. The summed E-state index contributed by atoms with van der Waals surface area (Å²) < 4.78 is 52.5. The lowest BCUT2D eigenvalue weighted by atomic mass is 9.93. The van der Waals surface area contributed by atoms with Crippen molar-refractivity contribution >= 4 is 12.0 Å². The minimum Gasteiger partial charge on any atom is -0.478 e. The van der Waals surface area contributed by atoms with Gasteiger partial charge in [0, 0.05) is 11.6 Å². The average Bonchev–Trinajstić information content (AvgIpc) is 2.44. The average molecular weight is 310 g/mol. The van der Waals surface area contributed by atoms with E-state index in [-0.39, 0.29) is 16.7 Å². The van der Waals surface area contributed by atoms with Crippen LogP contribution in [0, 0.1) is 5.82 Å². The lowest BCUT2D eigenvalue weighted by Gasteiger charge is -2.15. The van der Waals surface area contributed by atoms with Gasteiger partial charge in [-0.15, -0.1) is 0 Å². The van der Waals surface area contributed by atoms with Crippen LogP contribution in [0.2, 0.25) is 0 Å². The number of hydrogen-bond donors (Lipinski definition) is 1. The van der Waals surface area contributed by atoms with E-state index in [2.05, 4.69) is 0 Å². The van der Waals surface area contributed by atoms with Crippen molar-refractivity contribution in [2.45, 2.75) is 6.18 Å². The highest BCUT2D eigenvalue weighted by atomic mass is 19.4. The number of carboxylic acids is 1. The lowest BCUT2D eigenvalue weighted by molar-refractivity contribution is -0.137. The Kier molecular flexibility index (Phi) is 4.30. The largest absolute Gasteiger partial charge is 0.478 e. The normalized spacial score (nSPS) is 11.8. The predicted octanol–water partition coefficient (Wildman–Crippen LogP) is 4.61. The summed E-state index contributed by atoms with van der Waals surface area (Å²) >= 11 is 0. The molecule has 114 valence electrons. The maximum absolute atomic E-state index is 13.2. The Morgan fingerprint density at radius 1 is 1.05 bits per heavy atom. The van der Waals surface area contributed by atoms with Gasteiger partial charge in [-0.2, -0.15) is 13.2 Å². The highest BCUT2D eigenvalue weighted by Gasteiger charge is 2.34. The maximum atomic E-state index is 13.2. The number of carbonyl (C=O) groups is 1. The molecule has 1 N–H and O–H groups in total. The molecule has 0 unspecified atom stereocenters. The van der Waals surface area contributed by atoms with E-state index in [0.717, 1.165) is 30.4 Å². The van der Waals surface area contributed by atoms with Crippen LogP contribution in [0.3, 0.4) is 0 Å². The number of benzene rings is 2. The molecule has 2 rings (SSSR count). The molecule has 0 aliphatic rings. The second kappa shape index (κ2) is 6.01. The SMILES string of the molecule is O=C(O)C=Cc1cccc(C(F)(F)F)c1-c1ccc(F)cc1. The monoisotopic (exact) mass is 310 g/mol. The van der Waals surface area contributed by atoms with E-state index in [1.54, 1.807) is 0 Å². The first kappa shape index (κ1) is 15.8. The molecular formula is C16H10F4O2. The first-order chi connectivity index (χ1) is 10.3. The molecular weight excluding hydrogens is 300 g/mol. The van der Waals surface area contributed by atoms with Gasteiger partial charge in [0.1, 0.15) is 5.82 Å². The van der Waals surface area contributed by atoms with E-state index in [1.165, 1.54) is 24.3 Å². The Bertz CT molecular complexity index is 716. The van der Waals surface area contributed by atoms with Gasteiger partial charge in [0.15, 0.2) is 0 Å². The molecule has 22 heavy (non-hydrogen) atoms. The van der Waals surface area contributed by atoms with Gasteiger partial charge in [-0.05, 0) is 35.4 Å². The third-order valence-electron chi connectivity index (χ3n) is 2.94. The minimum absolute atomic E-state index is 0.0869. The van der Waals surface area contributed by atoms with E-state index < -0.39 is 23.5 Å². The van der Waals surface area contributed by atoms with Gasteiger partial charge in [-0.25, -0.2) is 9.18 Å². The second-order valence-corrected chi connectivity index (χ2v) is 4.45. The molecule has 2 aromatic carbocycles. The fraction of sp³-hybridized carbons (Fsp3) is 0.0625. The van der Waals surface area contributed by atoms with Crippen molar-refractivity contribution in [3.63, 3.8) is 0 Å². The van der Waals surface area contributed by atoms with Crippen molar-refractivity contribution in [2.24, 2.45) is 0 Å². The molecule has 2 nitrogen and oxygen atoms in total. The molecule has 0 saturated heterocycles. The van der Waals surface area contributed by atoms with Gasteiger partial charge < -0.3 is 5.11 Å². The molecule has 0 saturated carbocycles. The fourth-order valence-corrected chi connectivity index (χ4v) is 2.05. The first-order valence-corrected chi connectivity index (χ1v) is 6.16. The van der Waals surface area contributed by atoms with Crippen molar-refractivity contribution in [3.05, 3.63) is 65.5 Å². The summed E-state index contributed by atoms with van der Waals surface area (Å²) in [6.07, 6.45) is -2.78. The molecule has 0 spiro atoms. The lowest BCUT2D eigenvalue weighted by Crippen LogP contribution is -2.08. The van der Waals surface area contributed by atoms with E-state index in [1.807, 2.05) is 0 Å². The van der Waals surface area contributed by atoms with E-state index in [9.17, 15) is 22.4 Å². The number of halogens is 4. The Balaban J connectivity index is 2.70. The highest BCUT2D eigenvalue weighted by Crippen LogP contribution is 2.39.